The topological polar surface area (TPSA) is 46.5 Å². The summed E-state index contributed by atoms with van der Waals surface area (Å²) < 4.78 is 4.95. The maximum absolute atomic E-state index is 11.8. The number of hydrogen-bond donors (Lipinski definition) is 1. The van der Waals surface area contributed by atoms with Crippen molar-refractivity contribution in [3.63, 3.8) is 0 Å². The summed E-state index contributed by atoms with van der Waals surface area (Å²) in [6.45, 7) is 3.98. The zero-order chi connectivity index (χ0) is 17.0. The van der Waals surface area contributed by atoms with Crippen molar-refractivity contribution >= 4 is 33.5 Å². The number of halogens is 3. The first-order valence-electron chi connectivity index (χ1n) is 6.73. The fraction of sp³-hybridized carbons (Fsp3) is 0.400. The van der Waals surface area contributed by atoms with E-state index in [1.54, 1.807) is 6.92 Å². The fourth-order valence-electron chi connectivity index (χ4n) is 1.57. The van der Waals surface area contributed by atoms with Crippen molar-refractivity contribution in [3.05, 3.63) is 47.5 Å². The second-order valence-corrected chi connectivity index (χ2v) is 18.0. The second-order valence-electron chi connectivity index (χ2n) is 4.12. The number of carbonyl (C=O) groups is 1. The van der Waals surface area contributed by atoms with Gasteiger partial charge in [-0.1, -0.05) is 19.4 Å². The number of aliphatic hydroxyl groups is 1. The number of esters is 1. The van der Waals surface area contributed by atoms with Gasteiger partial charge in [-0.15, -0.1) is 35.9 Å². The molecule has 7 heteroatoms. The average molecular weight is 535 g/mol. The van der Waals surface area contributed by atoms with Crippen LogP contribution < -0.4 is 0 Å². The van der Waals surface area contributed by atoms with Crippen molar-refractivity contribution in [3.8, 4) is 0 Å². The van der Waals surface area contributed by atoms with Gasteiger partial charge in [0.25, 0.3) is 5.97 Å². The van der Waals surface area contributed by atoms with E-state index < -0.39 is 27.3 Å². The number of ether oxygens (including phenoxy) is 1. The molecule has 0 aliphatic heterocycles. The SMILES string of the molecule is CCCC(O)C(=[C-]c1ccccc1)C(=O)OCC.[Cl][Ta]([Cl])[Cl]. The Balaban J connectivity index is 0.000000980. The van der Waals surface area contributed by atoms with E-state index in [4.69, 9.17) is 32.3 Å². The molecule has 1 unspecified atom stereocenters. The molecule has 1 atom stereocenters. The van der Waals surface area contributed by atoms with Crippen LogP contribution in [-0.4, -0.2) is 23.8 Å². The van der Waals surface area contributed by atoms with Crippen LogP contribution in [0.4, 0.5) is 0 Å². The van der Waals surface area contributed by atoms with E-state index in [1.165, 1.54) is 0 Å². The molecule has 0 spiro atoms. The number of hydrogen-bond acceptors (Lipinski definition) is 3. The number of benzene rings is 1. The molecule has 22 heavy (non-hydrogen) atoms. The molecule has 0 radical (unpaired) electrons. The van der Waals surface area contributed by atoms with Gasteiger partial charge < -0.3 is 14.6 Å². The van der Waals surface area contributed by atoms with E-state index in [0.717, 1.165) is 12.0 Å². The Labute approximate surface area is 149 Å². The quantitative estimate of drug-likeness (QED) is 0.331. The van der Waals surface area contributed by atoms with Gasteiger partial charge >= 0.3 is 42.8 Å². The standard InChI is InChI=1S/C15H19O3.3ClH.Ta/c1-3-8-14(16)13(15(17)18-4-2)11-12-9-6-5-7-10-12;;;;/h5-7,9-10,14,16H,3-4,8H2,1-2H3;3*1H;/q-1;;;;+3/p-3. The zero-order valence-electron chi connectivity index (χ0n) is 12.4. The number of rotatable bonds is 6. The van der Waals surface area contributed by atoms with Crippen LogP contribution in [0.15, 0.2) is 35.9 Å². The summed E-state index contributed by atoms with van der Waals surface area (Å²) in [4.78, 5) is 11.8. The molecule has 0 aliphatic rings. The molecule has 1 N–H and O–H groups in total. The Morgan fingerprint density at radius 3 is 2.27 bits per heavy atom. The molecule has 124 valence electrons. The predicted molar refractivity (Wildman–Crippen MR) is 87.4 cm³/mol. The van der Waals surface area contributed by atoms with Crippen LogP contribution >= 0.6 is 27.6 Å². The summed E-state index contributed by atoms with van der Waals surface area (Å²) >= 11 is -2.18. The Morgan fingerprint density at radius 2 is 1.82 bits per heavy atom. The van der Waals surface area contributed by atoms with Crippen LogP contribution in [0.3, 0.4) is 0 Å². The molecular formula is C15H19Cl3O3Ta-. The van der Waals surface area contributed by atoms with Crippen molar-refractivity contribution in [2.45, 2.75) is 32.8 Å². The average Bonchev–Trinajstić information content (AvgIpc) is 2.45. The van der Waals surface area contributed by atoms with Crippen molar-refractivity contribution in [2.24, 2.45) is 0 Å². The van der Waals surface area contributed by atoms with Crippen molar-refractivity contribution < 1.29 is 29.8 Å². The summed E-state index contributed by atoms with van der Waals surface area (Å²) in [6.07, 6.45) is 3.43. The molecule has 0 amide bonds. The molecule has 0 bridgehead atoms. The van der Waals surface area contributed by atoms with Crippen LogP contribution in [0.25, 0.3) is 0 Å². The minimum atomic E-state index is -2.18. The Kier molecular flexibility index (Phi) is 13.4. The molecule has 0 fully saturated rings. The molecule has 0 aromatic heterocycles. The van der Waals surface area contributed by atoms with Crippen molar-refractivity contribution in [1.82, 2.24) is 0 Å². The monoisotopic (exact) mass is 533 g/mol. The normalized spacial score (nSPS) is 12.4. The van der Waals surface area contributed by atoms with Crippen LogP contribution in [-0.2, 0) is 24.7 Å². The first-order chi connectivity index (χ1) is 10.4. The maximum atomic E-state index is 11.8. The van der Waals surface area contributed by atoms with E-state index in [0.29, 0.717) is 6.42 Å². The van der Waals surface area contributed by atoms with Gasteiger partial charge in [0, 0.05) is 0 Å². The van der Waals surface area contributed by atoms with Gasteiger partial charge in [-0.25, -0.2) is 0 Å². The predicted octanol–water partition coefficient (Wildman–Crippen LogP) is 4.55. The summed E-state index contributed by atoms with van der Waals surface area (Å²) in [5, 5.41) is 9.97. The summed E-state index contributed by atoms with van der Waals surface area (Å²) in [6, 6.07) is 9.27. The van der Waals surface area contributed by atoms with E-state index in [2.05, 4.69) is 6.08 Å². The van der Waals surface area contributed by atoms with E-state index >= 15 is 0 Å². The van der Waals surface area contributed by atoms with Crippen LogP contribution in [0.5, 0.6) is 0 Å². The Hall–Kier alpha value is 0.000260. The van der Waals surface area contributed by atoms with Crippen LogP contribution in [0.1, 0.15) is 32.3 Å². The fourth-order valence-corrected chi connectivity index (χ4v) is 1.57. The first-order valence-corrected chi connectivity index (χ1v) is 18.7. The van der Waals surface area contributed by atoms with Gasteiger partial charge in [0.1, 0.15) is 0 Å². The number of aliphatic hydroxyl groups excluding tert-OH is 1. The third-order valence-electron chi connectivity index (χ3n) is 2.44. The summed E-state index contributed by atoms with van der Waals surface area (Å²) in [5.41, 5.74) is 0.959. The Morgan fingerprint density at radius 1 is 1.27 bits per heavy atom. The van der Waals surface area contributed by atoms with Gasteiger partial charge in [0.2, 0.25) is 0 Å². The van der Waals surface area contributed by atoms with Gasteiger partial charge in [-0.2, -0.15) is 0 Å². The van der Waals surface area contributed by atoms with Gasteiger partial charge in [-0.05, 0) is 18.9 Å². The van der Waals surface area contributed by atoms with Gasteiger partial charge in [0.15, 0.2) is 0 Å². The molecule has 0 saturated heterocycles. The van der Waals surface area contributed by atoms with E-state index in [-0.39, 0.29) is 12.2 Å². The molecule has 3 nitrogen and oxygen atoms in total. The van der Waals surface area contributed by atoms with Crippen LogP contribution in [0.2, 0.25) is 0 Å². The van der Waals surface area contributed by atoms with Crippen molar-refractivity contribution in [2.75, 3.05) is 6.61 Å². The van der Waals surface area contributed by atoms with E-state index in [1.807, 2.05) is 37.3 Å². The summed E-state index contributed by atoms with van der Waals surface area (Å²) in [5.74, 6) is -0.498. The van der Waals surface area contributed by atoms with Gasteiger partial charge in [0.05, 0.1) is 12.7 Å². The van der Waals surface area contributed by atoms with Gasteiger partial charge in [-0.3, -0.25) is 0 Å². The third-order valence-corrected chi connectivity index (χ3v) is 2.44. The second kappa shape index (κ2) is 13.4. The van der Waals surface area contributed by atoms with E-state index in [9.17, 15) is 9.90 Å². The minimum absolute atomic E-state index is 0.199. The first kappa shape index (κ1) is 22.0. The molecule has 1 rings (SSSR count). The molecule has 0 aliphatic carbocycles. The molecule has 1 aromatic carbocycles. The number of carbonyl (C=O) groups excluding carboxylic acids is 1. The van der Waals surface area contributed by atoms with Crippen LogP contribution in [0, 0.1) is 6.08 Å². The third kappa shape index (κ3) is 10.7. The zero-order valence-corrected chi connectivity index (χ0v) is 17.9. The molecule has 0 heterocycles. The molecule has 0 saturated carbocycles. The van der Waals surface area contributed by atoms with Crippen molar-refractivity contribution in [1.29, 1.82) is 0 Å². The Bertz CT molecular complexity index is 450. The molecular weight excluding hydrogens is 515 g/mol. The summed E-state index contributed by atoms with van der Waals surface area (Å²) in [7, 11) is 15.0. The molecule has 1 aromatic rings.